The topological polar surface area (TPSA) is 72.5 Å². The molecule has 0 spiro atoms. The molecule has 2 aromatic carbocycles. The highest BCUT2D eigenvalue weighted by atomic mass is 32.1. The number of nitrogens with one attached hydrogen (secondary N) is 1. The summed E-state index contributed by atoms with van der Waals surface area (Å²) < 4.78 is 5.09. The van der Waals surface area contributed by atoms with Gasteiger partial charge >= 0.3 is 0 Å². The maximum atomic E-state index is 12.9. The van der Waals surface area contributed by atoms with Crippen LogP contribution in [0.15, 0.2) is 54.6 Å². The summed E-state index contributed by atoms with van der Waals surface area (Å²) >= 11 is 1.12. The van der Waals surface area contributed by atoms with Crippen LogP contribution in [0.3, 0.4) is 0 Å². The molecule has 6 heteroatoms. The van der Waals surface area contributed by atoms with Crippen molar-refractivity contribution in [1.82, 2.24) is 0 Å². The van der Waals surface area contributed by atoms with Gasteiger partial charge in [-0.2, -0.15) is 0 Å². The van der Waals surface area contributed by atoms with E-state index in [1.807, 2.05) is 6.07 Å². The van der Waals surface area contributed by atoms with Gasteiger partial charge in [0, 0.05) is 11.1 Å². The molecule has 0 saturated heterocycles. The lowest BCUT2D eigenvalue weighted by molar-refractivity contribution is 0.101. The van der Waals surface area contributed by atoms with Crippen molar-refractivity contribution in [2.75, 3.05) is 12.4 Å². The first-order chi connectivity index (χ1) is 13.4. The Hall–Kier alpha value is -3.25. The Balaban J connectivity index is 1.95. The van der Waals surface area contributed by atoms with E-state index in [0.29, 0.717) is 37.9 Å². The fourth-order valence-electron chi connectivity index (χ4n) is 2.88. The maximum Gasteiger partial charge on any atom is 0.256 e. The van der Waals surface area contributed by atoms with Gasteiger partial charge in [-0.05, 0) is 43.7 Å². The highest BCUT2D eigenvalue weighted by molar-refractivity contribution is 7.19. The zero-order valence-corrected chi connectivity index (χ0v) is 16.6. The van der Waals surface area contributed by atoms with Crippen LogP contribution in [0.1, 0.15) is 48.4 Å². The van der Waals surface area contributed by atoms with Gasteiger partial charge in [-0.3, -0.25) is 14.4 Å². The summed E-state index contributed by atoms with van der Waals surface area (Å²) in [6.45, 7) is 3.15. The third-order valence-electron chi connectivity index (χ3n) is 4.32. The number of anilines is 1. The highest BCUT2D eigenvalue weighted by Crippen LogP contribution is 2.35. The van der Waals surface area contributed by atoms with E-state index in [4.69, 9.17) is 4.74 Å². The summed E-state index contributed by atoms with van der Waals surface area (Å²) in [7, 11) is 1.55. The summed E-state index contributed by atoms with van der Waals surface area (Å²) in [5.41, 5.74) is 1.91. The van der Waals surface area contributed by atoms with Gasteiger partial charge in [0.2, 0.25) is 5.78 Å². The molecule has 3 aromatic rings. The predicted molar refractivity (Wildman–Crippen MR) is 110 cm³/mol. The molecule has 28 heavy (non-hydrogen) atoms. The van der Waals surface area contributed by atoms with Crippen LogP contribution in [0.25, 0.3) is 0 Å². The summed E-state index contributed by atoms with van der Waals surface area (Å²) in [5.74, 6) is -0.0877. The molecule has 142 valence electrons. The monoisotopic (exact) mass is 393 g/mol. The fourth-order valence-corrected chi connectivity index (χ4v) is 4.09. The van der Waals surface area contributed by atoms with Crippen LogP contribution in [-0.4, -0.2) is 24.6 Å². The molecule has 5 nitrogen and oxygen atoms in total. The number of methoxy groups -OCH3 is 1. The Kier molecular flexibility index (Phi) is 5.70. The Bertz CT molecular complexity index is 1040. The number of rotatable bonds is 6. The number of carbonyl (C=O) groups is 3. The first kappa shape index (κ1) is 19.5. The van der Waals surface area contributed by atoms with Gasteiger partial charge < -0.3 is 10.1 Å². The second-order valence-corrected chi connectivity index (χ2v) is 7.21. The summed E-state index contributed by atoms with van der Waals surface area (Å²) in [5, 5.41) is 3.16. The number of ether oxygens (including phenoxy) is 1. The van der Waals surface area contributed by atoms with Crippen LogP contribution in [0.4, 0.5) is 5.00 Å². The van der Waals surface area contributed by atoms with E-state index in [-0.39, 0.29) is 17.5 Å². The molecule has 0 aliphatic carbocycles. The minimum absolute atomic E-state index is 0.171. The molecule has 0 saturated carbocycles. The number of carbonyl (C=O) groups excluding carboxylic acids is 3. The molecule has 3 rings (SSSR count). The molecule has 0 aliphatic rings. The Morgan fingerprint density at radius 3 is 2.14 bits per heavy atom. The van der Waals surface area contributed by atoms with Gasteiger partial charge in [-0.25, -0.2) is 0 Å². The first-order valence-corrected chi connectivity index (χ1v) is 9.43. The molecule has 0 unspecified atom stereocenters. The molecule has 1 heterocycles. The van der Waals surface area contributed by atoms with E-state index in [1.165, 1.54) is 6.92 Å². The standard InChI is InChI=1S/C22H19NO4S/c1-13-18(14(2)24)22(23-21(26)16-9-11-17(27-3)12-10-16)28-20(13)19(25)15-7-5-4-6-8-15/h4-12H,1-3H3,(H,23,26). The smallest absolute Gasteiger partial charge is 0.256 e. The molecule has 0 atom stereocenters. The predicted octanol–water partition coefficient (Wildman–Crippen LogP) is 4.75. The van der Waals surface area contributed by atoms with E-state index in [1.54, 1.807) is 62.6 Å². The molecule has 0 radical (unpaired) electrons. The minimum atomic E-state index is -0.356. The Labute approximate surface area is 167 Å². The summed E-state index contributed by atoms with van der Waals surface area (Å²) in [6.07, 6.45) is 0. The van der Waals surface area contributed by atoms with E-state index < -0.39 is 0 Å². The van der Waals surface area contributed by atoms with E-state index >= 15 is 0 Å². The van der Waals surface area contributed by atoms with Crippen molar-refractivity contribution >= 4 is 33.8 Å². The number of ketones is 2. The highest BCUT2D eigenvalue weighted by Gasteiger charge is 2.24. The third-order valence-corrected chi connectivity index (χ3v) is 5.53. The van der Waals surface area contributed by atoms with Gasteiger partial charge in [-0.1, -0.05) is 30.3 Å². The number of Topliss-reactive ketones (excluding diaryl/α,β-unsaturated/α-hetero) is 1. The van der Waals surface area contributed by atoms with Crippen LogP contribution in [0, 0.1) is 6.92 Å². The summed E-state index contributed by atoms with van der Waals surface area (Å²) in [6, 6.07) is 15.5. The number of hydrogen-bond donors (Lipinski definition) is 1. The van der Waals surface area contributed by atoms with Gasteiger partial charge in [-0.15, -0.1) is 11.3 Å². The van der Waals surface area contributed by atoms with Crippen LogP contribution in [-0.2, 0) is 0 Å². The van der Waals surface area contributed by atoms with E-state index in [9.17, 15) is 14.4 Å². The van der Waals surface area contributed by atoms with Gasteiger partial charge in [0.15, 0.2) is 5.78 Å². The zero-order chi connectivity index (χ0) is 20.3. The number of amides is 1. The Morgan fingerprint density at radius 1 is 0.929 bits per heavy atom. The molecular weight excluding hydrogens is 374 g/mol. The minimum Gasteiger partial charge on any atom is -0.497 e. The van der Waals surface area contributed by atoms with E-state index in [0.717, 1.165) is 11.3 Å². The molecule has 0 fully saturated rings. The molecule has 0 aliphatic heterocycles. The largest absolute Gasteiger partial charge is 0.497 e. The molecular formula is C22H19NO4S. The van der Waals surface area contributed by atoms with Crippen LogP contribution in [0.5, 0.6) is 5.75 Å². The summed E-state index contributed by atoms with van der Waals surface area (Å²) in [4.78, 5) is 38.1. The van der Waals surface area contributed by atoms with E-state index in [2.05, 4.69) is 5.32 Å². The van der Waals surface area contributed by atoms with Crippen molar-refractivity contribution in [3.8, 4) is 5.75 Å². The lowest BCUT2D eigenvalue weighted by Crippen LogP contribution is -2.13. The quantitative estimate of drug-likeness (QED) is 0.614. The average molecular weight is 393 g/mol. The molecule has 1 aromatic heterocycles. The lowest BCUT2D eigenvalue weighted by atomic mass is 10.0. The van der Waals surface area contributed by atoms with Crippen molar-refractivity contribution in [2.24, 2.45) is 0 Å². The van der Waals surface area contributed by atoms with Crippen molar-refractivity contribution in [1.29, 1.82) is 0 Å². The first-order valence-electron chi connectivity index (χ1n) is 8.62. The Morgan fingerprint density at radius 2 is 1.57 bits per heavy atom. The second-order valence-electron chi connectivity index (χ2n) is 6.19. The van der Waals surface area contributed by atoms with Gasteiger partial charge in [0.05, 0.1) is 17.6 Å². The van der Waals surface area contributed by atoms with Crippen LogP contribution in [0.2, 0.25) is 0 Å². The number of benzene rings is 2. The lowest BCUT2D eigenvalue weighted by Gasteiger charge is -2.06. The van der Waals surface area contributed by atoms with Crippen molar-refractivity contribution in [3.63, 3.8) is 0 Å². The van der Waals surface area contributed by atoms with Crippen molar-refractivity contribution in [3.05, 3.63) is 81.7 Å². The van der Waals surface area contributed by atoms with Gasteiger partial charge in [0.1, 0.15) is 10.8 Å². The van der Waals surface area contributed by atoms with Crippen molar-refractivity contribution in [2.45, 2.75) is 13.8 Å². The third kappa shape index (κ3) is 3.87. The normalized spacial score (nSPS) is 10.4. The number of thiophene rings is 1. The zero-order valence-electron chi connectivity index (χ0n) is 15.7. The molecule has 0 bridgehead atoms. The maximum absolute atomic E-state index is 12.9. The fraction of sp³-hybridized carbons (Fsp3) is 0.136. The van der Waals surface area contributed by atoms with Gasteiger partial charge in [0.25, 0.3) is 5.91 Å². The molecule has 1 N–H and O–H groups in total. The number of hydrogen-bond acceptors (Lipinski definition) is 5. The second kappa shape index (κ2) is 8.19. The SMILES string of the molecule is COc1ccc(C(=O)Nc2sc(C(=O)c3ccccc3)c(C)c2C(C)=O)cc1. The van der Waals surface area contributed by atoms with Crippen LogP contribution < -0.4 is 10.1 Å². The van der Waals surface area contributed by atoms with Crippen LogP contribution >= 0.6 is 11.3 Å². The average Bonchev–Trinajstić information content (AvgIpc) is 3.04. The van der Waals surface area contributed by atoms with Crippen molar-refractivity contribution < 1.29 is 19.1 Å². The molecule has 1 amide bonds.